The zero-order valence-corrected chi connectivity index (χ0v) is 17.9. The molecule has 0 aromatic heterocycles. The van der Waals surface area contributed by atoms with Crippen LogP contribution in [0.15, 0.2) is 53.5 Å². The molecule has 1 amide bonds. The van der Waals surface area contributed by atoms with Gasteiger partial charge in [-0.15, -0.1) is 0 Å². The van der Waals surface area contributed by atoms with Crippen molar-refractivity contribution in [2.45, 2.75) is 50.3 Å². The van der Waals surface area contributed by atoms with Crippen LogP contribution >= 0.6 is 0 Å². The zero-order chi connectivity index (χ0) is 21.7. The molecule has 2 aliphatic rings. The number of fused-ring (bicyclic) bond motifs is 1. The maximum Gasteiger partial charge on any atom is 0.255 e. The van der Waals surface area contributed by atoms with Gasteiger partial charge in [0.05, 0.1) is 6.04 Å². The molecule has 0 radical (unpaired) electrons. The molecular formula is C24H30N4O3. The number of amides is 1. The van der Waals surface area contributed by atoms with E-state index in [4.69, 9.17) is 15.2 Å². The standard InChI is InChI=1S/C24H30N4O3/c1-26-23(27-15-17-7-6-8-18(13-17)30-16-22(25)29)28-20-14-24(11-4-5-12-24)31-21-10-3-2-9-19(20)21/h2-3,6-10,13,20H,4-5,11-12,14-16H2,1H3,(H2,25,29)(H2,26,27,28). The first-order valence-corrected chi connectivity index (χ1v) is 10.8. The summed E-state index contributed by atoms with van der Waals surface area (Å²) in [5, 5.41) is 6.99. The van der Waals surface area contributed by atoms with Gasteiger partial charge in [-0.2, -0.15) is 0 Å². The summed E-state index contributed by atoms with van der Waals surface area (Å²) < 4.78 is 11.9. The monoisotopic (exact) mass is 422 g/mol. The number of hydrogen-bond acceptors (Lipinski definition) is 4. The van der Waals surface area contributed by atoms with Crippen LogP contribution in [0, 0.1) is 0 Å². The molecule has 2 aromatic rings. The van der Waals surface area contributed by atoms with Gasteiger partial charge in [-0.1, -0.05) is 30.3 Å². The van der Waals surface area contributed by atoms with Crippen molar-refractivity contribution in [2.24, 2.45) is 10.7 Å². The number of carbonyl (C=O) groups is 1. The Hall–Kier alpha value is -3.22. The van der Waals surface area contributed by atoms with Gasteiger partial charge < -0.3 is 25.8 Å². The summed E-state index contributed by atoms with van der Waals surface area (Å²) in [6.45, 7) is 0.439. The summed E-state index contributed by atoms with van der Waals surface area (Å²) in [5.74, 6) is 1.83. The Labute approximate surface area is 183 Å². The number of guanidine groups is 1. The summed E-state index contributed by atoms with van der Waals surface area (Å²) in [4.78, 5) is 15.4. The van der Waals surface area contributed by atoms with Gasteiger partial charge in [0.15, 0.2) is 12.6 Å². The highest BCUT2D eigenvalue weighted by atomic mass is 16.5. The SMILES string of the molecule is CN=C(NCc1cccc(OCC(N)=O)c1)NC1CC2(CCCC2)Oc2ccccc21. The molecular weight excluding hydrogens is 392 g/mol. The minimum Gasteiger partial charge on any atom is -0.487 e. The normalized spacial score (nSPS) is 19.4. The van der Waals surface area contributed by atoms with Crippen LogP contribution in [0.2, 0.25) is 0 Å². The van der Waals surface area contributed by atoms with Gasteiger partial charge >= 0.3 is 0 Å². The molecule has 1 spiro atoms. The summed E-state index contributed by atoms with van der Waals surface area (Å²) in [6.07, 6.45) is 5.57. The first-order valence-electron chi connectivity index (χ1n) is 10.8. The number of aliphatic imine (C=N–C) groups is 1. The van der Waals surface area contributed by atoms with Gasteiger partial charge in [-0.3, -0.25) is 9.79 Å². The van der Waals surface area contributed by atoms with E-state index in [1.165, 1.54) is 18.4 Å². The minimum atomic E-state index is -0.495. The minimum absolute atomic E-state index is 0.0725. The lowest BCUT2D eigenvalue weighted by Gasteiger charge is -2.40. The number of nitrogens with one attached hydrogen (secondary N) is 2. The van der Waals surface area contributed by atoms with E-state index < -0.39 is 5.91 Å². The highest BCUT2D eigenvalue weighted by Gasteiger charge is 2.43. The van der Waals surface area contributed by atoms with Gasteiger partial charge in [0.25, 0.3) is 5.91 Å². The molecule has 1 unspecified atom stereocenters. The molecule has 4 rings (SSSR count). The molecule has 4 N–H and O–H groups in total. The summed E-state index contributed by atoms with van der Waals surface area (Å²) in [6, 6.07) is 16.0. The van der Waals surface area contributed by atoms with Crippen LogP contribution in [0.4, 0.5) is 0 Å². The van der Waals surface area contributed by atoms with E-state index in [2.05, 4.69) is 33.8 Å². The van der Waals surface area contributed by atoms with E-state index in [-0.39, 0.29) is 18.2 Å². The second-order valence-corrected chi connectivity index (χ2v) is 8.26. The Bertz CT molecular complexity index is 953. The van der Waals surface area contributed by atoms with E-state index in [9.17, 15) is 4.79 Å². The maximum atomic E-state index is 10.9. The average Bonchev–Trinajstić information content (AvgIpc) is 3.22. The molecule has 0 bridgehead atoms. The number of nitrogens with zero attached hydrogens (tertiary/aromatic N) is 1. The highest BCUT2D eigenvalue weighted by molar-refractivity contribution is 5.80. The van der Waals surface area contributed by atoms with E-state index in [1.807, 2.05) is 24.3 Å². The average molecular weight is 423 g/mol. The molecule has 1 fully saturated rings. The van der Waals surface area contributed by atoms with Crippen molar-refractivity contribution < 1.29 is 14.3 Å². The summed E-state index contributed by atoms with van der Waals surface area (Å²) >= 11 is 0. The Morgan fingerprint density at radius 2 is 2.03 bits per heavy atom. The number of para-hydroxylation sites is 1. The molecule has 7 nitrogen and oxygen atoms in total. The molecule has 1 aliphatic carbocycles. The van der Waals surface area contributed by atoms with E-state index in [0.29, 0.717) is 12.3 Å². The predicted octanol–water partition coefficient (Wildman–Crippen LogP) is 3.05. The van der Waals surface area contributed by atoms with Crippen molar-refractivity contribution in [3.63, 3.8) is 0 Å². The van der Waals surface area contributed by atoms with Crippen LogP contribution in [0.5, 0.6) is 11.5 Å². The molecule has 1 aliphatic heterocycles. The van der Waals surface area contributed by atoms with Crippen LogP contribution in [-0.2, 0) is 11.3 Å². The maximum absolute atomic E-state index is 10.9. The first kappa shape index (κ1) is 21.0. The van der Waals surface area contributed by atoms with Crippen molar-refractivity contribution >= 4 is 11.9 Å². The third-order valence-corrected chi connectivity index (χ3v) is 5.99. The molecule has 0 saturated heterocycles. The molecule has 2 aromatic carbocycles. The second kappa shape index (κ2) is 9.29. The number of primary amides is 1. The van der Waals surface area contributed by atoms with Crippen LogP contribution in [-0.4, -0.2) is 31.1 Å². The Balaban J connectivity index is 1.42. The van der Waals surface area contributed by atoms with Crippen LogP contribution < -0.4 is 25.8 Å². The topological polar surface area (TPSA) is 98.0 Å². The molecule has 31 heavy (non-hydrogen) atoms. The van der Waals surface area contributed by atoms with Gasteiger partial charge in [-0.05, 0) is 49.4 Å². The summed E-state index contributed by atoms with van der Waals surface area (Å²) in [5.41, 5.74) is 7.27. The third-order valence-electron chi connectivity index (χ3n) is 5.99. The number of rotatable bonds is 6. The van der Waals surface area contributed by atoms with E-state index >= 15 is 0 Å². The third kappa shape index (κ3) is 5.10. The number of nitrogens with two attached hydrogens (primary N) is 1. The molecule has 7 heteroatoms. The molecule has 164 valence electrons. The largest absolute Gasteiger partial charge is 0.487 e. The fourth-order valence-corrected chi connectivity index (χ4v) is 4.52. The number of carbonyl (C=O) groups excluding carboxylic acids is 1. The number of hydrogen-bond donors (Lipinski definition) is 3. The molecule has 1 heterocycles. The van der Waals surface area contributed by atoms with Crippen LogP contribution in [0.25, 0.3) is 0 Å². The Kier molecular flexibility index (Phi) is 6.30. The lowest BCUT2D eigenvalue weighted by atomic mass is 9.86. The fourth-order valence-electron chi connectivity index (χ4n) is 4.52. The highest BCUT2D eigenvalue weighted by Crippen LogP contribution is 2.46. The first-order chi connectivity index (χ1) is 15.1. The zero-order valence-electron chi connectivity index (χ0n) is 17.9. The van der Waals surface area contributed by atoms with Gasteiger partial charge in [0.2, 0.25) is 0 Å². The lowest BCUT2D eigenvalue weighted by Crippen LogP contribution is -2.46. The Morgan fingerprint density at radius 1 is 1.23 bits per heavy atom. The quantitative estimate of drug-likeness (QED) is 0.491. The number of benzene rings is 2. The summed E-state index contributed by atoms with van der Waals surface area (Å²) in [7, 11) is 1.78. The van der Waals surface area contributed by atoms with Gasteiger partial charge in [0.1, 0.15) is 17.1 Å². The molecule has 1 saturated carbocycles. The van der Waals surface area contributed by atoms with Crippen molar-refractivity contribution in [3.8, 4) is 11.5 Å². The van der Waals surface area contributed by atoms with Crippen LogP contribution in [0.1, 0.15) is 49.3 Å². The molecule has 1 atom stereocenters. The lowest BCUT2D eigenvalue weighted by molar-refractivity contribution is -0.119. The van der Waals surface area contributed by atoms with E-state index in [1.54, 1.807) is 13.1 Å². The van der Waals surface area contributed by atoms with Crippen LogP contribution in [0.3, 0.4) is 0 Å². The predicted molar refractivity (Wildman–Crippen MR) is 120 cm³/mol. The van der Waals surface area contributed by atoms with Gasteiger partial charge in [0, 0.05) is 25.6 Å². The van der Waals surface area contributed by atoms with Crippen molar-refractivity contribution in [1.29, 1.82) is 0 Å². The smallest absolute Gasteiger partial charge is 0.255 e. The Morgan fingerprint density at radius 3 is 2.81 bits per heavy atom. The van der Waals surface area contributed by atoms with Crippen molar-refractivity contribution in [2.75, 3.05) is 13.7 Å². The fraction of sp³-hybridized carbons (Fsp3) is 0.417. The second-order valence-electron chi connectivity index (χ2n) is 8.26. The van der Waals surface area contributed by atoms with Gasteiger partial charge in [-0.25, -0.2) is 0 Å². The van der Waals surface area contributed by atoms with Crippen molar-refractivity contribution in [1.82, 2.24) is 10.6 Å². The number of ether oxygens (including phenoxy) is 2. The van der Waals surface area contributed by atoms with E-state index in [0.717, 1.165) is 36.5 Å². The van der Waals surface area contributed by atoms with Crippen molar-refractivity contribution in [3.05, 3.63) is 59.7 Å².